The third kappa shape index (κ3) is 2.80. The van der Waals surface area contributed by atoms with E-state index < -0.39 is 0 Å². The van der Waals surface area contributed by atoms with Crippen molar-refractivity contribution in [2.24, 2.45) is 0 Å². The van der Waals surface area contributed by atoms with E-state index in [1.165, 1.54) is 11.3 Å². The van der Waals surface area contributed by atoms with Gasteiger partial charge in [-0.05, 0) is 32.0 Å². The molecule has 4 nitrogen and oxygen atoms in total. The van der Waals surface area contributed by atoms with Crippen LogP contribution in [0.1, 0.15) is 23.5 Å². The van der Waals surface area contributed by atoms with Gasteiger partial charge < -0.3 is 15.4 Å². The molecule has 0 atom stereocenters. The van der Waals surface area contributed by atoms with E-state index in [4.69, 9.17) is 10.5 Å². The highest BCUT2D eigenvalue weighted by atomic mass is 79.9. The van der Waals surface area contributed by atoms with Gasteiger partial charge in [-0.2, -0.15) is 0 Å². The molecule has 1 amide bonds. The van der Waals surface area contributed by atoms with E-state index in [0.29, 0.717) is 30.3 Å². The van der Waals surface area contributed by atoms with E-state index in [1.807, 2.05) is 36.9 Å². The standard InChI is InChI=1S/C15H17BrN2O2S/c1-15(2)8-18(5-6-20-15)14(19)13-12(17)10-7-9(16)3-4-11(10)21-13/h3-4,7H,5-6,8,17H2,1-2H3. The van der Waals surface area contributed by atoms with Gasteiger partial charge in [0.25, 0.3) is 5.91 Å². The maximum atomic E-state index is 12.8. The molecule has 112 valence electrons. The smallest absolute Gasteiger partial charge is 0.266 e. The summed E-state index contributed by atoms with van der Waals surface area (Å²) in [6, 6.07) is 5.91. The Balaban J connectivity index is 1.96. The lowest BCUT2D eigenvalue weighted by Crippen LogP contribution is -2.50. The van der Waals surface area contributed by atoms with Gasteiger partial charge in [0.1, 0.15) is 4.88 Å². The van der Waals surface area contributed by atoms with Gasteiger partial charge in [0.05, 0.1) is 17.9 Å². The van der Waals surface area contributed by atoms with Crippen molar-refractivity contribution in [1.29, 1.82) is 0 Å². The molecule has 1 aromatic carbocycles. The van der Waals surface area contributed by atoms with Gasteiger partial charge in [-0.15, -0.1) is 11.3 Å². The van der Waals surface area contributed by atoms with Crippen molar-refractivity contribution in [1.82, 2.24) is 4.90 Å². The fourth-order valence-corrected chi connectivity index (χ4v) is 4.01. The van der Waals surface area contributed by atoms with Gasteiger partial charge in [-0.25, -0.2) is 0 Å². The highest BCUT2D eigenvalue weighted by molar-refractivity contribution is 9.10. The Kier molecular flexibility index (Phi) is 3.71. The first-order valence-corrected chi connectivity index (χ1v) is 8.39. The topological polar surface area (TPSA) is 55.6 Å². The van der Waals surface area contributed by atoms with E-state index >= 15 is 0 Å². The van der Waals surface area contributed by atoms with Gasteiger partial charge in [0, 0.05) is 27.6 Å². The number of ether oxygens (including phenoxy) is 1. The quantitative estimate of drug-likeness (QED) is 0.837. The molecule has 0 unspecified atom stereocenters. The molecule has 0 saturated carbocycles. The zero-order chi connectivity index (χ0) is 15.2. The van der Waals surface area contributed by atoms with Crippen LogP contribution in [-0.2, 0) is 4.74 Å². The third-order valence-corrected chi connectivity index (χ3v) is 5.26. The molecule has 6 heteroatoms. The molecule has 1 aliphatic heterocycles. The van der Waals surface area contributed by atoms with Crippen LogP contribution in [0.5, 0.6) is 0 Å². The number of hydrogen-bond donors (Lipinski definition) is 1. The Labute approximate surface area is 136 Å². The van der Waals surface area contributed by atoms with Crippen LogP contribution in [-0.4, -0.2) is 36.1 Å². The minimum absolute atomic E-state index is 0.00111. The molecule has 21 heavy (non-hydrogen) atoms. The lowest BCUT2D eigenvalue weighted by Gasteiger charge is -2.38. The van der Waals surface area contributed by atoms with E-state index in [0.717, 1.165) is 14.6 Å². The number of carbonyl (C=O) groups is 1. The molecular weight excluding hydrogens is 352 g/mol. The molecule has 1 aliphatic rings. The zero-order valence-corrected chi connectivity index (χ0v) is 14.4. The van der Waals surface area contributed by atoms with Crippen LogP contribution >= 0.6 is 27.3 Å². The van der Waals surface area contributed by atoms with Crippen LogP contribution in [0, 0.1) is 0 Å². The van der Waals surface area contributed by atoms with Gasteiger partial charge >= 0.3 is 0 Å². The average Bonchev–Trinajstić information content (AvgIpc) is 2.74. The molecule has 0 aliphatic carbocycles. The van der Waals surface area contributed by atoms with Crippen LogP contribution in [0.25, 0.3) is 10.1 Å². The zero-order valence-electron chi connectivity index (χ0n) is 12.0. The number of carbonyl (C=O) groups excluding carboxylic acids is 1. The Hall–Kier alpha value is -1.11. The van der Waals surface area contributed by atoms with Crippen LogP contribution in [0.3, 0.4) is 0 Å². The third-order valence-electron chi connectivity index (χ3n) is 3.60. The molecule has 1 saturated heterocycles. The van der Waals surface area contributed by atoms with Crippen molar-refractivity contribution in [2.45, 2.75) is 19.4 Å². The SMILES string of the molecule is CC1(C)CN(C(=O)c2sc3ccc(Br)cc3c2N)CCO1. The molecule has 2 N–H and O–H groups in total. The molecule has 1 fully saturated rings. The molecule has 2 aromatic rings. The normalized spacial score (nSPS) is 18.1. The fraction of sp³-hybridized carbons (Fsp3) is 0.400. The molecule has 3 rings (SSSR count). The van der Waals surface area contributed by atoms with E-state index in [9.17, 15) is 4.79 Å². The summed E-state index contributed by atoms with van der Waals surface area (Å²) in [7, 11) is 0. The summed E-state index contributed by atoms with van der Waals surface area (Å²) in [5.74, 6) is 0.00111. The molecule has 0 bridgehead atoms. The molecule has 0 spiro atoms. The van der Waals surface area contributed by atoms with Crippen LogP contribution < -0.4 is 5.73 Å². The van der Waals surface area contributed by atoms with Crippen molar-refractivity contribution in [3.05, 3.63) is 27.5 Å². The number of nitrogens with zero attached hydrogens (tertiary/aromatic N) is 1. The number of thiophene rings is 1. The number of hydrogen-bond acceptors (Lipinski definition) is 4. The molecule has 0 radical (unpaired) electrons. The number of amides is 1. The Morgan fingerprint density at radius 3 is 2.95 bits per heavy atom. The number of rotatable bonds is 1. The predicted molar refractivity (Wildman–Crippen MR) is 89.9 cm³/mol. The number of benzene rings is 1. The summed E-state index contributed by atoms with van der Waals surface area (Å²) in [6.45, 7) is 5.76. The number of halogens is 1. The van der Waals surface area contributed by atoms with E-state index in [1.54, 1.807) is 0 Å². The van der Waals surface area contributed by atoms with Gasteiger partial charge in [-0.3, -0.25) is 4.79 Å². The number of nitrogen functional groups attached to an aromatic ring is 1. The summed E-state index contributed by atoms with van der Waals surface area (Å²) in [4.78, 5) is 15.2. The first-order valence-electron chi connectivity index (χ1n) is 6.78. The summed E-state index contributed by atoms with van der Waals surface area (Å²) in [6.07, 6.45) is 0. The molecule has 1 aromatic heterocycles. The Morgan fingerprint density at radius 2 is 2.24 bits per heavy atom. The molecule has 2 heterocycles. The van der Waals surface area contributed by atoms with Crippen LogP contribution in [0.15, 0.2) is 22.7 Å². The highest BCUT2D eigenvalue weighted by Gasteiger charge is 2.32. The second-order valence-electron chi connectivity index (χ2n) is 5.82. The second kappa shape index (κ2) is 5.26. The number of anilines is 1. The Bertz CT molecular complexity index is 711. The second-order valence-corrected chi connectivity index (χ2v) is 7.79. The lowest BCUT2D eigenvalue weighted by atomic mass is 10.1. The molecular formula is C15H17BrN2O2S. The number of morpholine rings is 1. The summed E-state index contributed by atoms with van der Waals surface area (Å²) in [5, 5.41) is 0.935. The predicted octanol–water partition coefficient (Wildman–Crippen LogP) is 3.50. The van der Waals surface area contributed by atoms with Crippen molar-refractivity contribution in [3.63, 3.8) is 0 Å². The maximum absolute atomic E-state index is 12.8. The highest BCUT2D eigenvalue weighted by Crippen LogP contribution is 2.36. The largest absolute Gasteiger partial charge is 0.397 e. The minimum atomic E-state index is -0.303. The summed E-state index contributed by atoms with van der Waals surface area (Å²) < 4.78 is 7.66. The minimum Gasteiger partial charge on any atom is -0.397 e. The van der Waals surface area contributed by atoms with Gasteiger partial charge in [0.15, 0.2) is 0 Å². The lowest BCUT2D eigenvalue weighted by molar-refractivity contribution is -0.0762. The first-order chi connectivity index (χ1) is 9.87. The van der Waals surface area contributed by atoms with Crippen LogP contribution in [0.4, 0.5) is 5.69 Å². The van der Waals surface area contributed by atoms with Crippen LogP contribution in [0.2, 0.25) is 0 Å². The fourth-order valence-electron chi connectivity index (χ4n) is 2.58. The average molecular weight is 369 g/mol. The van der Waals surface area contributed by atoms with Crippen molar-refractivity contribution in [3.8, 4) is 0 Å². The van der Waals surface area contributed by atoms with Crippen molar-refractivity contribution >= 4 is 48.9 Å². The number of fused-ring (bicyclic) bond motifs is 1. The summed E-state index contributed by atoms with van der Waals surface area (Å²) >= 11 is 4.90. The van der Waals surface area contributed by atoms with Crippen molar-refractivity contribution in [2.75, 3.05) is 25.4 Å². The monoisotopic (exact) mass is 368 g/mol. The first kappa shape index (κ1) is 14.8. The number of nitrogens with two attached hydrogens (primary N) is 1. The summed E-state index contributed by atoms with van der Waals surface area (Å²) in [5.41, 5.74) is 6.47. The van der Waals surface area contributed by atoms with Gasteiger partial charge in [-0.1, -0.05) is 15.9 Å². The van der Waals surface area contributed by atoms with E-state index in [2.05, 4.69) is 15.9 Å². The Morgan fingerprint density at radius 1 is 1.48 bits per heavy atom. The van der Waals surface area contributed by atoms with Gasteiger partial charge in [0.2, 0.25) is 0 Å². The van der Waals surface area contributed by atoms with E-state index in [-0.39, 0.29) is 11.5 Å². The maximum Gasteiger partial charge on any atom is 0.266 e. The van der Waals surface area contributed by atoms with Crippen molar-refractivity contribution < 1.29 is 9.53 Å².